The summed E-state index contributed by atoms with van der Waals surface area (Å²) in [6.07, 6.45) is 5.75. The van der Waals surface area contributed by atoms with Gasteiger partial charge < -0.3 is 15.8 Å². The van der Waals surface area contributed by atoms with Crippen LogP contribution in [0.25, 0.3) is 0 Å². The van der Waals surface area contributed by atoms with Gasteiger partial charge in [-0.05, 0) is 64.2 Å². The van der Waals surface area contributed by atoms with Crippen LogP contribution in [0.4, 0.5) is 4.79 Å². The third-order valence-electron chi connectivity index (χ3n) is 4.25. The summed E-state index contributed by atoms with van der Waals surface area (Å²) in [5.41, 5.74) is 6.28. The minimum Gasteiger partial charge on any atom is -0.444 e. The maximum absolute atomic E-state index is 11.6. The molecule has 2 aliphatic rings. The number of carbonyl (C=O) groups excluding carboxylic acids is 1. The van der Waals surface area contributed by atoms with Gasteiger partial charge >= 0.3 is 6.09 Å². The molecule has 2 saturated carbocycles. The lowest BCUT2D eigenvalue weighted by Gasteiger charge is -2.34. The van der Waals surface area contributed by atoms with E-state index in [4.69, 9.17) is 10.5 Å². The summed E-state index contributed by atoms with van der Waals surface area (Å²) in [5, 5.41) is 2.86. The van der Waals surface area contributed by atoms with Crippen molar-refractivity contribution in [3.05, 3.63) is 0 Å². The van der Waals surface area contributed by atoms with Gasteiger partial charge in [0.2, 0.25) is 0 Å². The maximum atomic E-state index is 11.6. The first kappa shape index (κ1) is 13.7. The summed E-state index contributed by atoms with van der Waals surface area (Å²) in [5.74, 6) is 0.513. The van der Waals surface area contributed by atoms with Crippen LogP contribution in [0.3, 0.4) is 0 Å². The van der Waals surface area contributed by atoms with E-state index in [1.54, 1.807) is 0 Å². The Bertz CT molecular complexity index is 318. The van der Waals surface area contributed by atoms with E-state index >= 15 is 0 Å². The molecule has 1 amide bonds. The minimum absolute atomic E-state index is 0.317. The van der Waals surface area contributed by atoms with Crippen molar-refractivity contribution in [1.29, 1.82) is 0 Å². The molecule has 2 atom stereocenters. The van der Waals surface area contributed by atoms with Gasteiger partial charge in [-0.25, -0.2) is 4.79 Å². The van der Waals surface area contributed by atoms with Crippen molar-refractivity contribution >= 4 is 6.09 Å². The highest BCUT2D eigenvalue weighted by Gasteiger charge is 2.50. The van der Waals surface area contributed by atoms with E-state index in [-0.39, 0.29) is 6.09 Å². The van der Waals surface area contributed by atoms with Crippen LogP contribution in [0.1, 0.15) is 52.9 Å². The first-order valence-corrected chi connectivity index (χ1v) is 7.03. The van der Waals surface area contributed by atoms with Crippen molar-refractivity contribution in [2.24, 2.45) is 17.1 Å². The van der Waals surface area contributed by atoms with Gasteiger partial charge in [0.25, 0.3) is 0 Å². The molecule has 104 valence electrons. The standard InChI is InChI=1S/C14H26N2O2/c1-13(2,3)18-12(17)16-9-10-4-5-14(6-7-14)11(15)8-10/h10-11H,4-9,15H2,1-3H3,(H,16,17). The molecule has 4 nitrogen and oxygen atoms in total. The number of hydrogen-bond acceptors (Lipinski definition) is 3. The van der Waals surface area contributed by atoms with E-state index < -0.39 is 5.60 Å². The number of alkyl carbamates (subject to hydrolysis) is 1. The molecule has 1 spiro atoms. The quantitative estimate of drug-likeness (QED) is 0.795. The third-order valence-corrected chi connectivity index (χ3v) is 4.25. The summed E-state index contributed by atoms with van der Waals surface area (Å²) in [6, 6.07) is 0.330. The molecular weight excluding hydrogens is 228 g/mol. The average molecular weight is 254 g/mol. The normalized spacial score (nSPS) is 30.0. The van der Waals surface area contributed by atoms with E-state index in [1.165, 1.54) is 25.7 Å². The van der Waals surface area contributed by atoms with Gasteiger partial charge in [0.15, 0.2) is 0 Å². The molecule has 0 radical (unpaired) electrons. The highest BCUT2D eigenvalue weighted by molar-refractivity contribution is 5.67. The molecule has 2 rings (SSSR count). The van der Waals surface area contributed by atoms with Gasteiger partial charge in [0.05, 0.1) is 0 Å². The molecule has 3 N–H and O–H groups in total. The zero-order chi connectivity index (χ0) is 13.4. The highest BCUT2D eigenvalue weighted by atomic mass is 16.6. The van der Waals surface area contributed by atoms with Gasteiger partial charge in [-0.2, -0.15) is 0 Å². The van der Waals surface area contributed by atoms with Crippen LogP contribution in [0.15, 0.2) is 0 Å². The van der Waals surface area contributed by atoms with Crippen molar-refractivity contribution in [2.75, 3.05) is 6.54 Å². The Hall–Kier alpha value is -0.770. The average Bonchev–Trinajstić information content (AvgIpc) is 2.99. The van der Waals surface area contributed by atoms with Crippen molar-refractivity contribution in [3.63, 3.8) is 0 Å². The SMILES string of the molecule is CC(C)(C)OC(=O)NCC1CCC2(CC2)C(N)C1. The lowest BCUT2D eigenvalue weighted by Crippen LogP contribution is -2.42. The molecule has 2 fully saturated rings. The lowest BCUT2D eigenvalue weighted by molar-refractivity contribution is 0.0510. The molecule has 0 saturated heterocycles. The number of hydrogen-bond donors (Lipinski definition) is 2. The molecule has 2 aliphatic carbocycles. The van der Waals surface area contributed by atoms with Crippen molar-refractivity contribution in [3.8, 4) is 0 Å². The molecule has 4 heteroatoms. The molecular formula is C14H26N2O2. The predicted molar refractivity (Wildman–Crippen MR) is 71.2 cm³/mol. The highest BCUT2D eigenvalue weighted by Crippen LogP contribution is 2.56. The molecule has 18 heavy (non-hydrogen) atoms. The second kappa shape index (κ2) is 4.72. The number of rotatable bonds is 2. The monoisotopic (exact) mass is 254 g/mol. The van der Waals surface area contributed by atoms with Gasteiger partial charge in [-0.1, -0.05) is 0 Å². The Morgan fingerprint density at radius 3 is 2.56 bits per heavy atom. The smallest absolute Gasteiger partial charge is 0.407 e. The zero-order valence-corrected chi connectivity index (χ0v) is 11.8. The largest absolute Gasteiger partial charge is 0.444 e. The maximum Gasteiger partial charge on any atom is 0.407 e. The Balaban J connectivity index is 1.70. The van der Waals surface area contributed by atoms with Gasteiger partial charge in [0.1, 0.15) is 5.60 Å². The Morgan fingerprint density at radius 1 is 1.39 bits per heavy atom. The van der Waals surface area contributed by atoms with Crippen LogP contribution >= 0.6 is 0 Å². The third kappa shape index (κ3) is 3.37. The molecule has 0 aromatic rings. The summed E-state index contributed by atoms with van der Waals surface area (Å²) >= 11 is 0. The van der Waals surface area contributed by atoms with Crippen LogP contribution in [0.5, 0.6) is 0 Å². The summed E-state index contributed by atoms with van der Waals surface area (Å²) in [6.45, 7) is 6.32. The van der Waals surface area contributed by atoms with Crippen LogP contribution in [0.2, 0.25) is 0 Å². The Morgan fingerprint density at radius 2 is 2.06 bits per heavy atom. The van der Waals surface area contributed by atoms with Gasteiger partial charge in [-0.3, -0.25) is 0 Å². The fourth-order valence-electron chi connectivity index (χ4n) is 2.91. The first-order chi connectivity index (χ1) is 8.31. The van der Waals surface area contributed by atoms with Crippen molar-refractivity contribution in [1.82, 2.24) is 5.32 Å². The summed E-state index contributed by atoms with van der Waals surface area (Å²) in [4.78, 5) is 11.6. The Kier molecular flexibility index (Phi) is 3.58. The topological polar surface area (TPSA) is 64.3 Å². The van der Waals surface area contributed by atoms with E-state index in [0.717, 1.165) is 6.42 Å². The van der Waals surface area contributed by atoms with Crippen LogP contribution < -0.4 is 11.1 Å². The second-order valence-electron chi connectivity index (χ2n) is 6.99. The van der Waals surface area contributed by atoms with Crippen molar-refractivity contribution < 1.29 is 9.53 Å². The fraction of sp³-hybridized carbons (Fsp3) is 0.929. The molecule has 0 aromatic carbocycles. The van der Waals surface area contributed by atoms with E-state index in [2.05, 4.69) is 5.32 Å². The van der Waals surface area contributed by atoms with Crippen molar-refractivity contribution in [2.45, 2.75) is 64.5 Å². The molecule has 0 aromatic heterocycles. The van der Waals surface area contributed by atoms with Crippen LogP contribution in [-0.2, 0) is 4.74 Å². The summed E-state index contributed by atoms with van der Waals surface area (Å²) < 4.78 is 5.23. The minimum atomic E-state index is -0.425. The van der Waals surface area contributed by atoms with Crippen LogP contribution in [0, 0.1) is 11.3 Å². The number of amides is 1. The van der Waals surface area contributed by atoms with Crippen LogP contribution in [-0.4, -0.2) is 24.3 Å². The van der Waals surface area contributed by atoms with E-state index in [1.807, 2.05) is 20.8 Å². The predicted octanol–water partition coefficient (Wildman–Crippen LogP) is 2.42. The number of carbonyl (C=O) groups is 1. The molecule has 0 bridgehead atoms. The Labute approximate surface area is 110 Å². The van der Waals surface area contributed by atoms with Gasteiger partial charge in [-0.15, -0.1) is 0 Å². The molecule has 2 unspecified atom stereocenters. The number of nitrogens with two attached hydrogens (primary N) is 1. The lowest BCUT2D eigenvalue weighted by atomic mass is 9.76. The molecule has 0 heterocycles. The zero-order valence-electron chi connectivity index (χ0n) is 11.8. The fourth-order valence-corrected chi connectivity index (χ4v) is 2.91. The second-order valence-corrected chi connectivity index (χ2v) is 6.99. The first-order valence-electron chi connectivity index (χ1n) is 7.03. The summed E-state index contributed by atoms with van der Waals surface area (Å²) in [7, 11) is 0. The van der Waals surface area contributed by atoms with Gasteiger partial charge in [0, 0.05) is 12.6 Å². The molecule has 0 aliphatic heterocycles. The number of ether oxygens (including phenoxy) is 1. The van der Waals surface area contributed by atoms with E-state index in [0.29, 0.717) is 23.9 Å². The van der Waals surface area contributed by atoms with E-state index in [9.17, 15) is 4.79 Å². The number of nitrogens with one attached hydrogen (secondary N) is 1.